The topological polar surface area (TPSA) is 32.7 Å². The van der Waals surface area contributed by atoms with E-state index in [9.17, 15) is 18.0 Å². The SMILES string of the molecule is C=CC(=C)N(N=C)C(=O)c1c(C)cccc1C(F)(F)F. The number of allylic oxidation sites excluding steroid dienone is 1. The molecule has 0 radical (unpaired) electrons. The molecule has 0 heterocycles. The highest BCUT2D eigenvalue weighted by molar-refractivity contribution is 5.98. The highest BCUT2D eigenvalue weighted by Crippen LogP contribution is 2.34. The molecule has 3 nitrogen and oxygen atoms in total. The molecule has 0 N–H and O–H groups in total. The van der Waals surface area contributed by atoms with Gasteiger partial charge >= 0.3 is 6.18 Å². The number of alkyl halides is 3. The molecule has 106 valence electrons. The number of hydrogen-bond acceptors (Lipinski definition) is 2. The summed E-state index contributed by atoms with van der Waals surface area (Å²) in [5.74, 6) is -0.949. The molecule has 1 aromatic carbocycles. The van der Waals surface area contributed by atoms with Crippen molar-refractivity contribution in [3.8, 4) is 0 Å². The van der Waals surface area contributed by atoms with Crippen molar-refractivity contribution in [2.75, 3.05) is 0 Å². The number of hydrogen-bond donors (Lipinski definition) is 0. The van der Waals surface area contributed by atoms with Crippen molar-refractivity contribution in [3.05, 3.63) is 59.8 Å². The number of hydrazone groups is 1. The minimum atomic E-state index is -4.64. The van der Waals surface area contributed by atoms with Gasteiger partial charge in [0, 0.05) is 6.72 Å². The zero-order chi connectivity index (χ0) is 15.5. The molecule has 0 bridgehead atoms. The van der Waals surface area contributed by atoms with E-state index >= 15 is 0 Å². The molecule has 0 aliphatic rings. The van der Waals surface area contributed by atoms with Gasteiger partial charge in [-0.15, -0.1) is 0 Å². The third kappa shape index (κ3) is 2.96. The van der Waals surface area contributed by atoms with Crippen LogP contribution in [0.15, 0.2) is 48.2 Å². The Morgan fingerprint density at radius 1 is 1.40 bits per heavy atom. The van der Waals surface area contributed by atoms with Crippen molar-refractivity contribution in [1.29, 1.82) is 0 Å². The molecule has 0 aliphatic carbocycles. The van der Waals surface area contributed by atoms with E-state index in [-0.39, 0.29) is 11.3 Å². The summed E-state index contributed by atoms with van der Waals surface area (Å²) in [4.78, 5) is 12.2. The first-order valence-electron chi connectivity index (χ1n) is 5.53. The molecule has 1 amide bonds. The minimum absolute atomic E-state index is 0.0429. The molecule has 0 aliphatic heterocycles. The molecule has 0 atom stereocenters. The summed E-state index contributed by atoms with van der Waals surface area (Å²) in [7, 11) is 0. The summed E-state index contributed by atoms with van der Waals surface area (Å²) in [6.07, 6.45) is -3.43. The fourth-order valence-corrected chi connectivity index (χ4v) is 1.67. The van der Waals surface area contributed by atoms with Crippen LogP contribution in [0.4, 0.5) is 13.2 Å². The van der Waals surface area contributed by atoms with Crippen LogP contribution in [0.1, 0.15) is 21.5 Å². The Morgan fingerprint density at radius 3 is 2.45 bits per heavy atom. The van der Waals surface area contributed by atoms with E-state index in [4.69, 9.17) is 0 Å². The monoisotopic (exact) mass is 282 g/mol. The summed E-state index contributed by atoms with van der Waals surface area (Å²) in [6.45, 7) is 11.5. The third-order valence-electron chi connectivity index (χ3n) is 2.63. The number of carbonyl (C=O) groups excluding carboxylic acids is 1. The van der Waals surface area contributed by atoms with Gasteiger partial charge in [0.2, 0.25) is 0 Å². The van der Waals surface area contributed by atoms with E-state index in [0.29, 0.717) is 5.01 Å². The average molecular weight is 282 g/mol. The Morgan fingerprint density at radius 2 is 2.00 bits per heavy atom. The van der Waals surface area contributed by atoms with E-state index in [2.05, 4.69) is 25.0 Å². The van der Waals surface area contributed by atoms with Crippen LogP contribution in [0.2, 0.25) is 0 Å². The van der Waals surface area contributed by atoms with E-state index in [1.807, 2.05) is 0 Å². The summed E-state index contributed by atoms with van der Waals surface area (Å²) < 4.78 is 38.9. The van der Waals surface area contributed by atoms with Crippen molar-refractivity contribution in [3.63, 3.8) is 0 Å². The highest BCUT2D eigenvalue weighted by atomic mass is 19.4. The number of aryl methyl sites for hydroxylation is 1. The number of carbonyl (C=O) groups is 1. The Balaban J connectivity index is 3.46. The van der Waals surface area contributed by atoms with Gasteiger partial charge in [-0.1, -0.05) is 25.3 Å². The summed E-state index contributed by atoms with van der Waals surface area (Å²) in [6, 6.07) is 3.50. The second-order valence-corrected chi connectivity index (χ2v) is 3.95. The first-order valence-corrected chi connectivity index (χ1v) is 5.53. The van der Waals surface area contributed by atoms with Crippen LogP contribution in [0.5, 0.6) is 0 Å². The molecule has 20 heavy (non-hydrogen) atoms. The molecule has 0 aromatic heterocycles. The fourth-order valence-electron chi connectivity index (χ4n) is 1.67. The van der Waals surface area contributed by atoms with Gasteiger partial charge in [0.05, 0.1) is 16.8 Å². The van der Waals surface area contributed by atoms with Gasteiger partial charge in [-0.2, -0.15) is 23.3 Å². The predicted octanol–water partition coefficient (Wildman–Crippen LogP) is 3.77. The lowest BCUT2D eigenvalue weighted by atomic mass is 10.0. The maximum absolute atomic E-state index is 13.0. The van der Waals surface area contributed by atoms with Crippen LogP contribution in [0.3, 0.4) is 0 Å². The Hall–Kier alpha value is -2.37. The van der Waals surface area contributed by atoms with Gasteiger partial charge in [0.25, 0.3) is 5.91 Å². The zero-order valence-corrected chi connectivity index (χ0v) is 10.9. The van der Waals surface area contributed by atoms with E-state index in [1.54, 1.807) is 0 Å². The van der Waals surface area contributed by atoms with E-state index < -0.39 is 23.2 Å². The summed E-state index contributed by atoms with van der Waals surface area (Å²) in [5, 5.41) is 4.08. The standard InChI is InChI=1S/C14H13F3N2O/c1-5-10(3)19(18-4)13(20)12-9(2)7-6-8-11(12)14(15,16)17/h5-8H,1,3-4H2,2H3. The second kappa shape index (κ2) is 5.73. The highest BCUT2D eigenvalue weighted by Gasteiger charge is 2.37. The summed E-state index contributed by atoms with van der Waals surface area (Å²) in [5.41, 5.74) is -1.26. The Labute approximate surface area is 114 Å². The van der Waals surface area contributed by atoms with Crippen LogP contribution in [0.25, 0.3) is 0 Å². The van der Waals surface area contributed by atoms with Crippen molar-refractivity contribution in [2.45, 2.75) is 13.1 Å². The molecule has 6 heteroatoms. The quantitative estimate of drug-likeness (QED) is 0.470. The van der Waals surface area contributed by atoms with Gasteiger partial charge in [-0.3, -0.25) is 4.79 Å². The molecular weight excluding hydrogens is 269 g/mol. The second-order valence-electron chi connectivity index (χ2n) is 3.95. The smallest absolute Gasteiger partial charge is 0.267 e. The third-order valence-corrected chi connectivity index (χ3v) is 2.63. The van der Waals surface area contributed by atoms with Crippen molar-refractivity contribution >= 4 is 12.6 Å². The summed E-state index contributed by atoms with van der Waals surface area (Å²) >= 11 is 0. The molecule has 0 saturated heterocycles. The molecule has 0 saturated carbocycles. The van der Waals surface area contributed by atoms with Gasteiger partial charge in [-0.25, -0.2) is 0 Å². The molecule has 0 spiro atoms. The molecule has 0 fully saturated rings. The van der Waals surface area contributed by atoms with Crippen LogP contribution < -0.4 is 0 Å². The normalized spacial score (nSPS) is 10.8. The van der Waals surface area contributed by atoms with Crippen molar-refractivity contribution < 1.29 is 18.0 Å². The van der Waals surface area contributed by atoms with Crippen LogP contribution in [-0.4, -0.2) is 17.6 Å². The van der Waals surface area contributed by atoms with Crippen molar-refractivity contribution in [1.82, 2.24) is 5.01 Å². The molecule has 0 unspecified atom stereocenters. The van der Waals surface area contributed by atoms with Gasteiger partial charge in [0.1, 0.15) is 0 Å². The molecular formula is C14H13F3N2O. The zero-order valence-electron chi connectivity index (χ0n) is 10.9. The molecule has 1 aromatic rings. The maximum Gasteiger partial charge on any atom is 0.417 e. The van der Waals surface area contributed by atoms with Gasteiger partial charge in [-0.05, 0) is 24.6 Å². The van der Waals surface area contributed by atoms with Gasteiger partial charge < -0.3 is 0 Å². The number of benzene rings is 1. The number of halogens is 3. The lowest BCUT2D eigenvalue weighted by molar-refractivity contribution is -0.138. The van der Waals surface area contributed by atoms with Crippen LogP contribution in [-0.2, 0) is 6.18 Å². The van der Waals surface area contributed by atoms with Crippen LogP contribution >= 0.6 is 0 Å². The van der Waals surface area contributed by atoms with E-state index in [0.717, 1.165) is 6.07 Å². The first kappa shape index (κ1) is 15.7. The van der Waals surface area contributed by atoms with Crippen LogP contribution in [0, 0.1) is 6.92 Å². The van der Waals surface area contributed by atoms with E-state index in [1.165, 1.54) is 25.1 Å². The Bertz CT molecular complexity index is 576. The minimum Gasteiger partial charge on any atom is -0.267 e. The average Bonchev–Trinajstić information content (AvgIpc) is 2.37. The fraction of sp³-hybridized carbons (Fsp3) is 0.143. The predicted molar refractivity (Wildman–Crippen MR) is 71.2 cm³/mol. The Kier molecular flexibility index (Phi) is 4.49. The number of amides is 1. The van der Waals surface area contributed by atoms with Crippen molar-refractivity contribution in [2.24, 2.45) is 5.10 Å². The first-order chi connectivity index (χ1) is 9.23. The maximum atomic E-state index is 13.0. The number of nitrogens with zero attached hydrogens (tertiary/aromatic N) is 2. The van der Waals surface area contributed by atoms with Gasteiger partial charge in [0.15, 0.2) is 0 Å². The lowest BCUT2D eigenvalue weighted by Crippen LogP contribution is -2.27. The number of rotatable bonds is 4. The largest absolute Gasteiger partial charge is 0.417 e. The lowest BCUT2D eigenvalue weighted by Gasteiger charge is -2.20. The molecule has 1 rings (SSSR count).